The van der Waals surface area contributed by atoms with Crippen LogP contribution in [0.4, 0.5) is 0 Å². The van der Waals surface area contributed by atoms with Crippen LogP contribution in [0, 0.1) is 0 Å². The first-order chi connectivity index (χ1) is 51.7. The number of ether oxygens (including phenoxy) is 4. The van der Waals surface area contributed by atoms with E-state index in [2.05, 4.69) is 137 Å². The monoisotopic (exact) mass is 1530 g/mol. The van der Waals surface area contributed by atoms with Crippen molar-refractivity contribution in [3.05, 3.63) is 146 Å². The summed E-state index contributed by atoms with van der Waals surface area (Å²) in [6.07, 6.45) is 89.9. The molecule has 0 bridgehead atoms. The molecule has 17 nitrogen and oxygen atoms in total. The van der Waals surface area contributed by atoms with Crippen molar-refractivity contribution in [2.75, 3.05) is 39.6 Å². The minimum absolute atomic E-state index is 0.0337. The van der Waals surface area contributed by atoms with Crippen molar-refractivity contribution in [1.29, 1.82) is 0 Å². The van der Waals surface area contributed by atoms with Gasteiger partial charge in [0.1, 0.15) is 19.3 Å². The summed E-state index contributed by atoms with van der Waals surface area (Å²) in [6, 6.07) is 0. The van der Waals surface area contributed by atoms with Crippen LogP contribution in [-0.4, -0.2) is 96.7 Å². The van der Waals surface area contributed by atoms with Gasteiger partial charge in [0.25, 0.3) is 0 Å². The molecule has 0 fully saturated rings. The van der Waals surface area contributed by atoms with Gasteiger partial charge in [0.05, 0.1) is 26.4 Å². The molecule has 0 heterocycles. The first kappa shape index (κ1) is 101. The van der Waals surface area contributed by atoms with E-state index < -0.39 is 97.5 Å². The number of phosphoric ester groups is 2. The number of allylic oxidation sites excluding steroid dienone is 24. The van der Waals surface area contributed by atoms with Gasteiger partial charge in [0.15, 0.2) is 12.2 Å². The predicted octanol–water partition coefficient (Wildman–Crippen LogP) is 24.2. The molecule has 0 aliphatic carbocycles. The van der Waals surface area contributed by atoms with E-state index in [0.29, 0.717) is 38.5 Å². The fourth-order valence-corrected chi connectivity index (χ4v) is 12.3. The zero-order valence-corrected chi connectivity index (χ0v) is 68.1. The van der Waals surface area contributed by atoms with Crippen molar-refractivity contribution in [3.8, 4) is 0 Å². The molecule has 0 rings (SSSR count). The molecule has 0 saturated carbocycles. The SMILES string of the molecule is CC/C=C\C/C=C\C/C=C\C/C=C\C/C=C\C/C=C\CCC(=O)OC[C@H](COP(=O)(O)OC[C@H](O)COP(=O)(O)OC[C@@H](COC(=O)CC/C=C\C/C=C\C/C=C\C/C=C\C/C=C\C/C=C\CC)OC(=O)CCCCCCCCCCCCCCCCC)OC(=O)CCCCCCCCCCCCCCC. The summed E-state index contributed by atoms with van der Waals surface area (Å²) in [5.41, 5.74) is 0. The summed E-state index contributed by atoms with van der Waals surface area (Å²) >= 11 is 0. The molecular formula is C87H146O17P2. The van der Waals surface area contributed by atoms with Crippen LogP contribution in [0.25, 0.3) is 0 Å². The number of carbonyl (C=O) groups excluding carboxylic acids is 4. The van der Waals surface area contributed by atoms with Gasteiger partial charge in [-0.3, -0.25) is 37.3 Å². The highest BCUT2D eigenvalue weighted by Gasteiger charge is 2.30. The molecule has 19 heteroatoms. The summed E-state index contributed by atoms with van der Waals surface area (Å²) < 4.78 is 68.5. The van der Waals surface area contributed by atoms with Gasteiger partial charge in [-0.2, -0.15) is 0 Å². The maximum absolute atomic E-state index is 13.1. The average Bonchev–Trinajstić information content (AvgIpc) is 0.901. The van der Waals surface area contributed by atoms with Gasteiger partial charge < -0.3 is 33.8 Å². The molecule has 0 aromatic heterocycles. The van der Waals surface area contributed by atoms with Crippen LogP contribution in [0.3, 0.4) is 0 Å². The lowest BCUT2D eigenvalue weighted by Crippen LogP contribution is -2.30. The predicted molar refractivity (Wildman–Crippen MR) is 436 cm³/mol. The topological polar surface area (TPSA) is 237 Å². The van der Waals surface area contributed by atoms with E-state index in [1.165, 1.54) is 116 Å². The maximum Gasteiger partial charge on any atom is 0.472 e. The van der Waals surface area contributed by atoms with Crippen molar-refractivity contribution in [1.82, 2.24) is 0 Å². The number of esters is 4. The lowest BCUT2D eigenvalue weighted by atomic mass is 10.0. The van der Waals surface area contributed by atoms with Crippen molar-refractivity contribution in [2.24, 2.45) is 0 Å². The number of hydrogen-bond donors (Lipinski definition) is 3. The van der Waals surface area contributed by atoms with Gasteiger partial charge in [-0.15, -0.1) is 0 Å². The molecular weight excluding hydrogens is 1380 g/mol. The lowest BCUT2D eigenvalue weighted by molar-refractivity contribution is -0.161. The number of rotatable bonds is 76. The Kier molecular flexibility index (Phi) is 74.3. The second-order valence-electron chi connectivity index (χ2n) is 27.0. The molecule has 5 atom stereocenters. The molecule has 2 unspecified atom stereocenters. The van der Waals surface area contributed by atoms with Crippen LogP contribution in [0.1, 0.15) is 323 Å². The minimum atomic E-state index is -5.00. The Morgan fingerprint density at radius 2 is 0.491 bits per heavy atom. The zero-order valence-electron chi connectivity index (χ0n) is 66.3. The Labute approximate surface area is 643 Å². The third-order valence-corrected chi connectivity index (χ3v) is 18.8. The minimum Gasteiger partial charge on any atom is -0.462 e. The zero-order chi connectivity index (χ0) is 77.4. The number of aliphatic hydroxyl groups excluding tert-OH is 1. The molecule has 0 saturated heterocycles. The van der Waals surface area contributed by atoms with Crippen LogP contribution in [-0.2, 0) is 65.4 Å². The quantitative estimate of drug-likeness (QED) is 0.0169. The van der Waals surface area contributed by atoms with E-state index in [1.807, 2.05) is 36.5 Å². The number of carbonyl (C=O) groups is 4. The second kappa shape index (κ2) is 78.1. The highest BCUT2D eigenvalue weighted by molar-refractivity contribution is 7.47. The Hall–Kier alpha value is -5.06. The van der Waals surface area contributed by atoms with Gasteiger partial charge in [-0.05, 0) is 103 Å². The van der Waals surface area contributed by atoms with E-state index in [9.17, 15) is 43.2 Å². The van der Waals surface area contributed by atoms with E-state index in [4.69, 9.17) is 37.0 Å². The molecule has 106 heavy (non-hydrogen) atoms. The largest absolute Gasteiger partial charge is 0.472 e. The molecule has 0 spiro atoms. The number of unbranched alkanes of at least 4 members (excludes halogenated alkanes) is 26. The van der Waals surface area contributed by atoms with Crippen molar-refractivity contribution >= 4 is 39.5 Å². The van der Waals surface area contributed by atoms with E-state index in [1.54, 1.807) is 0 Å². The van der Waals surface area contributed by atoms with E-state index in [0.717, 1.165) is 116 Å². The number of phosphoric acid groups is 2. The summed E-state index contributed by atoms with van der Waals surface area (Å²) in [4.78, 5) is 73.0. The number of hydrogen-bond acceptors (Lipinski definition) is 15. The fourth-order valence-electron chi connectivity index (χ4n) is 10.7. The van der Waals surface area contributed by atoms with E-state index >= 15 is 0 Å². The van der Waals surface area contributed by atoms with Gasteiger partial charge in [-0.1, -0.05) is 340 Å². The normalized spacial score (nSPS) is 14.6. The van der Waals surface area contributed by atoms with Crippen molar-refractivity contribution in [2.45, 2.75) is 341 Å². The third kappa shape index (κ3) is 77.1. The summed E-state index contributed by atoms with van der Waals surface area (Å²) in [6.45, 7) is 4.51. The lowest BCUT2D eigenvalue weighted by Gasteiger charge is -2.21. The Bertz CT molecular complexity index is 2580. The smallest absolute Gasteiger partial charge is 0.462 e. The highest BCUT2D eigenvalue weighted by Crippen LogP contribution is 2.45. The fraction of sp³-hybridized carbons (Fsp3) is 0.678. The average molecular weight is 1530 g/mol. The highest BCUT2D eigenvalue weighted by atomic mass is 31.2. The second-order valence-corrected chi connectivity index (χ2v) is 29.9. The first-order valence-electron chi connectivity index (χ1n) is 41.1. The van der Waals surface area contributed by atoms with Crippen molar-refractivity contribution in [3.63, 3.8) is 0 Å². The Morgan fingerprint density at radius 3 is 0.736 bits per heavy atom. The standard InChI is InChI=1S/C87H146O17P2/c1-5-9-13-17-21-25-29-33-36-38-40-42-45-48-51-55-59-63-67-71-84(89)97-77-82(103-86(91)73-69-65-61-57-53-47-32-28-24-20-16-12-8-4)79-101-105(93,94)99-75-81(88)76-100-106(95,96)102-80-83(104-87(92)74-70-66-62-58-54-50-44-35-31-27-23-19-15-11-7-3)78-98-85(90)72-68-64-60-56-52-49-46-43-41-39-37-34-30-26-22-18-14-10-6-2/h9-10,13-14,21-22,25-26,33-34,36-37,40-43,48-49,51-52,59-60,63-64,81-83,88H,5-8,11-12,15-20,23-24,27-32,35,38-39,44-47,50,53-58,61-62,65-80H2,1-4H3,(H,93,94)(H,95,96)/b13-9-,14-10-,25-21-,26-22-,36-33-,37-34-,42-40-,43-41-,51-48-,52-49-,63-59-,64-60-/t81-,82+,83+/m0/s1. The Balaban J connectivity index is 5.46. The maximum atomic E-state index is 13.1. The summed E-state index contributed by atoms with van der Waals surface area (Å²) in [7, 11) is -10.0. The summed E-state index contributed by atoms with van der Waals surface area (Å²) in [5, 5.41) is 10.6. The molecule has 0 radical (unpaired) electrons. The third-order valence-electron chi connectivity index (χ3n) is 16.9. The summed E-state index contributed by atoms with van der Waals surface area (Å²) in [5.74, 6) is -2.36. The molecule has 0 aromatic rings. The van der Waals surface area contributed by atoms with Crippen LogP contribution >= 0.6 is 15.6 Å². The Morgan fingerprint density at radius 1 is 0.274 bits per heavy atom. The molecule has 3 N–H and O–H groups in total. The van der Waals surface area contributed by atoms with Crippen LogP contribution in [0.2, 0.25) is 0 Å². The van der Waals surface area contributed by atoms with Crippen LogP contribution < -0.4 is 0 Å². The van der Waals surface area contributed by atoms with Gasteiger partial charge in [0.2, 0.25) is 0 Å². The van der Waals surface area contributed by atoms with Crippen molar-refractivity contribution < 1.29 is 80.2 Å². The van der Waals surface area contributed by atoms with Gasteiger partial charge in [-0.25, -0.2) is 9.13 Å². The molecule has 0 amide bonds. The molecule has 0 aromatic carbocycles. The van der Waals surface area contributed by atoms with E-state index in [-0.39, 0.29) is 25.7 Å². The number of aliphatic hydroxyl groups is 1. The van der Waals surface area contributed by atoms with Gasteiger partial charge >= 0.3 is 39.5 Å². The van der Waals surface area contributed by atoms with Crippen LogP contribution in [0.15, 0.2) is 146 Å². The van der Waals surface area contributed by atoms with Gasteiger partial charge in [0, 0.05) is 25.7 Å². The molecule has 606 valence electrons. The molecule has 0 aliphatic heterocycles. The van der Waals surface area contributed by atoms with Crippen LogP contribution in [0.5, 0.6) is 0 Å². The first-order valence-corrected chi connectivity index (χ1v) is 44.1. The molecule has 0 aliphatic rings.